The standard InChI is InChI=1S/C15H17FO3/c16-12-3-1-2-11(14(12)19-9-10-4-5-10)15(6-7-15)8-13(17)18/h1-3,10H,4-9H2,(H,17,18). The molecule has 0 aliphatic heterocycles. The number of carboxylic acids is 1. The van der Waals surface area contributed by atoms with Crippen LogP contribution in [0.25, 0.3) is 0 Å². The van der Waals surface area contributed by atoms with Crippen LogP contribution in [0.1, 0.15) is 37.7 Å². The lowest BCUT2D eigenvalue weighted by molar-refractivity contribution is -0.137. The van der Waals surface area contributed by atoms with E-state index in [1.165, 1.54) is 6.07 Å². The number of halogens is 1. The van der Waals surface area contributed by atoms with Crippen molar-refractivity contribution < 1.29 is 19.0 Å². The number of hydrogen-bond donors (Lipinski definition) is 1. The maximum Gasteiger partial charge on any atom is 0.304 e. The molecule has 1 N–H and O–H groups in total. The van der Waals surface area contributed by atoms with Crippen molar-refractivity contribution in [2.75, 3.05) is 6.61 Å². The van der Waals surface area contributed by atoms with E-state index in [1.54, 1.807) is 12.1 Å². The molecular formula is C15H17FO3. The molecule has 0 spiro atoms. The molecule has 0 amide bonds. The van der Waals surface area contributed by atoms with Gasteiger partial charge in [0.25, 0.3) is 0 Å². The summed E-state index contributed by atoms with van der Waals surface area (Å²) < 4.78 is 19.6. The number of ether oxygens (including phenoxy) is 1. The van der Waals surface area contributed by atoms with Gasteiger partial charge in [-0.15, -0.1) is 0 Å². The van der Waals surface area contributed by atoms with Crippen LogP contribution in [0.2, 0.25) is 0 Å². The molecule has 0 unspecified atom stereocenters. The molecule has 3 nitrogen and oxygen atoms in total. The summed E-state index contributed by atoms with van der Waals surface area (Å²) in [6.07, 6.45) is 3.93. The zero-order valence-corrected chi connectivity index (χ0v) is 10.7. The van der Waals surface area contributed by atoms with Gasteiger partial charge < -0.3 is 9.84 Å². The number of carboxylic acid groups (broad SMARTS) is 1. The third kappa shape index (κ3) is 2.57. The Balaban J connectivity index is 1.86. The van der Waals surface area contributed by atoms with Gasteiger partial charge in [-0.3, -0.25) is 4.79 Å². The third-order valence-electron chi connectivity index (χ3n) is 4.04. The van der Waals surface area contributed by atoms with Crippen LogP contribution in [0.3, 0.4) is 0 Å². The van der Waals surface area contributed by atoms with E-state index in [2.05, 4.69) is 0 Å². The summed E-state index contributed by atoms with van der Waals surface area (Å²) in [5.74, 6) is -0.403. The predicted octanol–water partition coefficient (Wildman–Crippen LogP) is 3.12. The summed E-state index contributed by atoms with van der Waals surface area (Å²) in [4.78, 5) is 11.0. The highest BCUT2D eigenvalue weighted by Crippen LogP contribution is 2.54. The van der Waals surface area contributed by atoms with Gasteiger partial charge in [0, 0.05) is 11.0 Å². The van der Waals surface area contributed by atoms with Crippen molar-refractivity contribution in [1.82, 2.24) is 0 Å². The van der Waals surface area contributed by atoms with Crippen molar-refractivity contribution in [2.45, 2.75) is 37.5 Å². The summed E-state index contributed by atoms with van der Waals surface area (Å²) in [7, 11) is 0. The molecule has 2 saturated carbocycles. The number of hydrogen-bond acceptors (Lipinski definition) is 2. The first-order valence-electron chi connectivity index (χ1n) is 6.74. The molecule has 0 heterocycles. The molecule has 0 atom stereocenters. The Morgan fingerprint density at radius 1 is 1.42 bits per heavy atom. The number of benzene rings is 1. The van der Waals surface area contributed by atoms with Crippen LogP contribution in [-0.2, 0) is 10.2 Å². The van der Waals surface area contributed by atoms with Gasteiger partial charge >= 0.3 is 5.97 Å². The quantitative estimate of drug-likeness (QED) is 0.858. The molecule has 1 aromatic carbocycles. The van der Waals surface area contributed by atoms with Gasteiger partial charge in [0.1, 0.15) is 0 Å². The fourth-order valence-corrected chi connectivity index (χ4v) is 2.54. The highest BCUT2D eigenvalue weighted by molar-refractivity contribution is 5.70. The molecule has 2 aliphatic rings. The molecular weight excluding hydrogens is 247 g/mol. The molecule has 102 valence electrons. The van der Waals surface area contributed by atoms with Crippen LogP contribution in [0.4, 0.5) is 4.39 Å². The van der Waals surface area contributed by atoms with Gasteiger partial charge in [-0.2, -0.15) is 0 Å². The number of aliphatic carboxylic acids is 1. The first-order chi connectivity index (χ1) is 9.11. The fourth-order valence-electron chi connectivity index (χ4n) is 2.54. The summed E-state index contributed by atoms with van der Waals surface area (Å²) >= 11 is 0. The fraction of sp³-hybridized carbons (Fsp3) is 0.533. The van der Waals surface area contributed by atoms with Crippen molar-refractivity contribution in [3.8, 4) is 5.75 Å². The molecule has 1 aromatic rings. The molecule has 19 heavy (non-hydrogen) atoms. The van der Waals surface area contributed by atoms with E-state index in [0.29, 0.717) is 12.5 Å². The Bertz CT molecular complexity index is 504. The maximum absolute atomic E-state index is 13.9. The van der Waals surface area contributed by atoms with E-state index in [9.17, 15) is 9.18 Å². The lowest BCUT2D eigenvalue weighted by Crippen LogP contribution is -2.16. The van der Waals surface area contributed by atoms with E-state index in [4.69, 9.17) is 9.84 Å². The average molecular weight is 264 g/mol. The van der Waals surface area contributed by atoms with Crippen molar-refractivity contribution in [2.24, 2.45) is 5.92 Å². The Labute approximate surface area is 111 Å². The summed E-state index contributed by atoms with van der Waals surface area (Å²) in [6, 6.07) is 4.82. The van der Waals surface area contributed by atoms with Gasteiger partial charge in [0.05, 0.1) is 13.0 Å². The molecule has 3 rings (SSSR count). The number of para-hydroxylation sites is 1. The van der Waals surface area contributed by atoms with Gasteiger partial charge in [0.2, 0.25) is 0 Å². The second-order valence-electron chi connectivity index (χ2n) is 5.72. The first kappa shape index (κ1) is 12.5. The van der Waals surface area contributed by atoms with Crippen molar-refractivity contribution in [3.05, 3.63) is 29.6 Å². The Kier molecular flexibility index (Phi) is 2.96. The minimum Gasteiger partial charge on any atom is -0.490 e. The normalized spacial score (nSPS) is 20.1. The SMILES string of the molecule is O=C(O)CC1(c2cccc(F)c2OCC2CC2)CC1. The van der Waals surface area contributed by atoms with Gasteiger partial charge in [-0.25, -0.2) is 4.39 Å². The van der Waals surface area contributed by atoms with Gasteiger partial charge in [-0.05, 0) is 37.7 Å². The van der Waals surface area contributed by atoms with Crippen LogP contribution in [0, 0.1) is 11.7 Å². The van der Waals surface area contributed by atoms with Gasteiger partial charge in [-0.1, -0.05) is 12.1 Å². The van der Waals surface area contributed by atoms with Crippen LogP contribution in [0.15, 0.2) is 18.2 Å². The molecule has 2 aliphatic carbocycles. The van der Waals surface area contributed by atoms with Crippen molar-refractivity contribution >= 4 is 5.97 Å². The van der Waals surface area contributed by atoms with E-state index in [1.807, 2.05) is 0 Å². The van der Waals surface area contributed by atoms with Crippen molar-refractivity contribution in [3.63, 3.8) is 0 Å². The highest BCUT2D eigenvalue weighted by Gasteiger charge is 2.48. The summed E-state index contributed by atoms with van der Waals surface area (Å²) in [5.41, 5.74) is 0.322. The van der Waals surface area contributed by atoms with Gasteiger partial charge in [0.15, 0.2) is 11.6 Å². The van der Waals surface area contributed by atoms with Crippen molar-refractivity contribution in [1.29, 1.82) is 0 Å². The van der Waals surface area contributed by atoms with E-state index in [0.717, 1.165) is 31.2 Å². The van der Waals surface area contributed by atoms with Crippen LogP contribution in [-0.4, -0.2) is 17.7 Å². The molecule has 4 heteroatoms. The monoisotopic (exact) mass is 264 g/mol. The zero-order chi connectivity index (χ0) is 13.5. The minimum atomic E-state index is -0.838. The van der Waals surface area contributed by atoms with E-state index >= 15 is 0 Å². The molecule has 0 aromatic heterocycles. The maximum atomic E-state index is 13.9. The molecule has 0 radical (unpaired) electrons. The van der Waals surface area contributed by atoms with Crippen LogP contribution in [0.5, 0.6) is 5.75 Å². The average Bonchev–Trinajstić information content (AvgIpc) is 3.21. The van der Waals surface area contributed by atoms with E-state index in [-0.39, 0.29) is 18.0 Å². The Hall–Kier alpha value is -1.58. The smallest absolute Gasteiger partial charge is 0.304 e. The third-order valence-corrected chi connectivity index (χ3v) is 4.04. The largest absolute Gasteiger partial charge is 0.490 e. The zero-order valence-electron chi connectivity index (χ0n) is 10.7. The second-order valence-corrected chi connectivity index (χ2v) is 5.72. The number of carbonyl (C=O) groups is 1. The number of rotatable bonds is 6. The summed E-state index contributed by atoms with van der Waals surface area (Å²) in [6.45, 7) is 0.539. The van der Waals surface area contributed by atoms with Crippen LogP contribution < -0.4 is 4.74 Å². The Morgan fingerprint density at radius 2 is 2.16 bits per heavy atom. The summed E-state index contributed by atoms with van der Waals surface area (Å²) in [5, 5.41) is 9.00. The molecule has 0 bridgehead atoms. The molecule has 0 saturated heterocycles. The Morgan fingerprint density at radius 3 is 2.74 bits per heavy atom. The molecule has 2 fully saturated rings. The lowest BCUT2D eigenvalue weighted by atomic mass is 9.91. The second kappa shape index (κ2) is 4.51. The lowest BCUT2D eigenvalue weighted by Gasteiger charge is -2.18. The first-order valence-corrected chi connectivity index (χ1v) is 6.74. The van der Waals surface area contributed by atoms with Crippen LogP contribution >= 0.6 is 0 Å². The predicted molar refractivity (Wildman–Crippen MR) is 67.8 cm³/mol. The minimum absolute atomic E-state index is 0.0518. The highest BCUT2D eigenvalue weighted by atomic mass is 19.1. The topological polar surface area (TPSA) is 46.5 Å². The van der Waals surface area contributed by atoms with E-state index < -0.39 is 11.4 Å².